The van der Waals surface area contributed by atoms with Gasteiger partial charge in [-0.15, -0.1) is 5.10 Å². The first-order valence-corrected chi connectivity index (χ1v) is 6.95. The number of H-pyrrole nitrogens is 1. The SMILES string of the molecule is N#CC1=C(N)Oc2n[nH]c(C(F)(F)F)c2C1c1ccccc1C(F)(F)F. The normalized spacial score (nSPS) is 17.5. The van der Waals surface area contributed by atoms with Crippen molar-refractivity contribution < 1.29 is 31.1 Å². The van der Waals surface area contributed by atoms with Crippen LogP contribution in [0.3, 0.4) is 0 Å². The smallest absolute Gasteiger partial charge is 0.420 e. The molecule has 0 saturated heterocycles. The third kappa shape index (κ3) is 2.73. The zero-order chi connectivity index (χ0) is 19.3. The molecule has 1 aliphatic rings. The number of nitrogens with two attached hydrogens (primary N) is 1. The Labute approximate surface area is 141 Å². The third-order valence-corrected chi connectivity index (χ3v) is 3.80. The molecule has 1 aromatic carbocycles. The molecule has 0 saturated carbocycles. The van der Waals surface area contributed by atoms with Crippen LogP contribution in [0.5, 0.6) is 5.88 Å². The number of nitriles is 1. The van der Waals surface area contributed by atoms with Crippen molar-refractivity contribution >= 4 is 0 Å². The van der Waals surface area contributed by atoms with E-state index in [0.717, 1.165) is 12.1 Å². The molecule has 1 unspecified atom stereocenters. The topological polar surface area (TPSA) is 87.7 Å². The predicted octanol–water partition coefficient (Wildman–Crippen LogP) is 3.67. The Morgan fingerprint density at radius 2 is 1.77 bits per heavy atom. The predicted molar refractivity (Wildman–Crippen MR) is 74.3 cm³/mol. The van der Waals surface area contributed by atoms with Gasteiger partial charge in [0.15, 0.2) is 0 Å². The highest BCUT2D eigenvalue weighted by atomic mass is 19.4. The number of hydrogen-bond acceptors (Lipinski definition) is 4. The Hall–Kier alpha value is -3.16. The summed E-state index contributed by atoms with van der Waals surface area (Å²) in [4.78, 5) is 0. The van der Waals surface area contributed by atoms with Gasteiger partial charge in [-0.05, 0) is 11.6 Å². The largest absolute Gasteiger partial charge is 0.433 e. The Morgan fingerprint density at radius 3 is 2.35 bits per heavy atom. The highest BCUT2D eigenvalue weighted by molar-refractivity contribution is 5.57. The summed E-state index contributed by atoms with van der Waals surface area (Å²) in [7, 11) is 0. The summed E-state index contributed by atoms with van der Waals surface area (Å²) >= 11 is 0. The lowest BCUT2D eigenvalue weighted by molar-refractivity contribution is -0.141. The van der Waals surface area contributed by atoms with E-state index in [2.05, 4.69) is 5.10 Å². The van der Waals surface area contributed by atoms with E-state index in [1.807, 2.05) is 0 Å². The van der Waals surface area contributed by atoms with Gasteiger partial charge in [0.1, 0.15) is 17.3 Å². The van der Waals surface area contributed by atoms with Gasteiger partial charge >= 0.3 is 12.4 Å². The fourth-order valence-electron chi connectivity index (χ4n) is 2.78. The lowest BCUT2D eigenvalue weighted by Gasteiger charge is -2.26. The van der Waals surface area contributed by atoms with Crippen LogP contribution in [0.4, 0.5) is 26.3 Å². The zero-order valence-electron chi connectivity index (χ0n) is 12.5. The van der Waals surface area contributed by atoms with Gasteiger partial charge in [0.2, 0.25) is 11.8 Å². The second-order valence-electron chi connectivity index (χ2n) is 5.33. The molecule has 1 atom stereocenters. The molecule has 1 aliphatic heterocycles. The summed E-state index contributed by atoms with van der Waals surface area (Å²) in [5, 5.41) is 14.3. The number of halogens is 6. The lowest BCUT2D eigenvalue weighted by Crippen LogP contribution is -2.24. The summed E-state index contributed by atoms with van der Waals surface area (Å²) in [6, 6.07) is 5.55. The number of allylic oxidation sites excluding steroid dienone is 1. The molecule has 0 aliphatic carbocycles. The van der Waals surface area contributed by atoms with E-state index in [-0.39, 0.29) is 0 Å². The minimum Gasteiger partial charge on any atom is -0.420 e. The number of aromatic nitrogens is 2. The molecule has 0 amide bonds. The van der Waals surface area contributed by atoms with E-state index in [9.17, 15) is 31.6 Å². The van der Waals surface area contributed by atoms with E-state index in [0.29, 0.717) is 6.07 Å². The van der Waals surface area contributed by atoms with Crippen LogP contribution in [0.1, 0.15) is 28.3 Å². The highest BCUT2D eigenvalue weighted by Gasteiger charge is 2.46. The first kappa shape index (κ1) is 17.7. The van der Waals surface area contributed by atoms with Crippen molar-refractivity contribution in [2.45, 2.75) is 18.3 Å². The number of ether oxygens (including phenoxy) is 1. The van der Waals surface area contributed by atoms with Gasteiger partial charge in [-0.1, -0.05) is 18.2 Å². The fraction of sp³-hybridized carbons (Fsp3) is 0.200. The maximum atomic E-state index is 13.4. The van der Waals surface area contributed by atoms with Gasteiger partial charge in [0.25, 0.3) is 0 Å². The van der Waals surface area contributed by atoms with Crippen molar-refractivity contribution in [1.82, 2.24) is 10.2 Å². The quantitative estimate of drug-likeness (QED) is 0.746. The summed E-state index contributed by atoms with van der Waals surface area (Å²) in [5.41, 5.74) is 1.08. The van der Waals surface area contributed by atoms with Crippen molar-refractivity contribution in [2.24, 2.45) is 5.73 Å². The van der Waals surface area contributed by atoms with Crippen molar-refractivity contribution in [1.29, 1.82) is 5.26 Å². The van der Waals surface area contributed by atoms with Crippen molar-refractivity contribution in [2.75, 3.05) is 0 Å². The molecule has 26 heavy (non-hydrogen) atoms. The maximum absolute atomic E-state index is 13.4. The molecule has 0 fully saturated rings. The molecule has 2 aromatic rings. The van der Waals surface area contributed by atoms with Crippen molar-refractivity contribution in [3.8, 4) is 11.9 Å². The molecule has 0 bridgehead atoms. The zero-order valence-corrected chi connectivity index (χ0v) is 12.5. The van der Waals surface area contributed by atoms with Crippen LogP contribution in [0.2, 0.25) is 0 Å². The van der Waals surface area contributed by atoms with Crippen LogP contribution in [0.15, 0.2) is 35.7 Å². The fourth-order valence-corrected chi connectivity index (χ4v) is 2.78. The number of rotatable bonds is 1. The third-order valence-electron chi connectivity index (χ3n) is 3.80. The van der Waals surface area contributed by atoms with Crippen LogP contribution in [0, 0.1) is 11.3 Å². The first-order valence-electron chi connectivity index (χ1n) is 6.95. The van der Waals surface area contributed by atoms with Crippen LogP contribution in [0.25, 0.3) is 0 Å². The van der Waals surface area contributed by atoms with Gasteiger partial charge in [-0.2, -0.15) is 31.6 Å². The lowest BCUT2D eigenvalue weighted by atomic mass is 9.81. The molecular formula is C15H8F6N4O. The van der Waals surface area contributed by atoms with Gasteiger partial charge in [-0.25, -0.2) is 0 Å². The van der Waals surface area contributed by atoms with E-state index >= 15 is 0 Å². The van der Waals surface area contributed by atoms with Crippen LogP contribution >= 0.6 is 0 Å². The Bertz CT molecular complexity index is 935. The Kier molecular flexibility index (Phi) is 3.86. The molecular weight excluding hydrogens is 366 g/mol. The molecule has 3 rings (SSSR count). The second-order valence-corrected chi connectivity index (χ2v) is 5.33. The number of hydrogen-bond donors (Lipinski definition) is 2. The second kappa shape index (κ2) is 5.69. The number of benzene rings is 1. The number of nitrogens with one attached hydrogen (secondary N) is 1. The van der Waals surface area contributed by atoms with Crippen LogP contribution < -0.4 is 10.5 Å². The number of fused-ring (bicyclic) bond motifs is 1. The van der Waals surface area contributed by atoms with Crippen LogP contribution in [-0.4, -0.2) is 10.2 Å². The summed E-state index contributed by atoms with van der Waals surface area (Å²) in [5.74, 6) is -2.98. The van der Waals surface area contributed by atoms with E-state index in [4.69, 9.17) is 10.5 Å². The molecule has 0 spiro atoms. The maximum Gasteiger partial charge on any atom is 0.433 e. The molecule has 136 valence electrons. The molecule has 5 nitrogen and oxygen atoms in total. The van der Waals surface area contributed by atoms with Crippen molar-refractivity contribution in [3.63, 3.8) is 0 Å². The van der Waals surface area contributed by atoms with Crippen LogP contribution in [-0.2, 0) is 12.4 Å². The monoisotopic (exact) mass is 374 g/mol. The minimum atomic E-state index is -4.96. The van der Waals surface area contributed by atoms with E-state index < -0.39 is 58.0 Å². The standard InChI is InChI=1S/C15H8F6N4O/c16-14(17,18)8-4-2-1-3-6(8)9-7(5-22)12(23)26-13-10(9)11(24-25-13)15(19,20)21/h1-4,9H,23H2,(H,24,25). The van der Waals surface area contributed by atoms with Gasteiger partial charge in [-0.3, -0.25) is 5.10 Å². The first-order chi connectivity index (χ1) is 12.1. The van der Waals surface area contributed by atoms with Crippen molar-refractivity contribution in [3.05, 3.63) is 58.1 Å². The average Bonchev–Trinajstić information content (AvgIpc) is 2.96. The highest BCUT2D eigenvalue weighted by Crippen LogP contribution is 2.49. The summed E-state index contributed by atoms with van der Waals surface area (Å²) < 4.78 is 84.8. The summed E-state index contributed by atoms with van der Waals surface area (Å²) in [6.45, 7) is 0. The van der Waals surface area contributed by atoms with Gasteiger partial charge in [0, 0.05) is 0 Å². The Balaban J connectivity index is 2.35. The van der Waals surface area contributed by atoms with Gasteiger partial charge in [0.05, 0.1) is 17.0 Å². The molecule has 2 heterocycles. The van der Waals surface area contributed by atoms with E-state index in [1.165, 1.54) is 6.07 Å². The minimum absolute atomic E-state index is 0.559. The molecule has 0 radical (unpaired) electrons. The van der Waals surface area contributed by atoms with Gasteiger partial charge < -0.3 is 10.5 Å². The summed E-state index contributed by atoms with van der Waals surface area (Å²) in [6.07, 6.45) is -9.81. The molecule has 3 N–H and O–H groups in total. The number of alkyl halides is 6. The Morgan fingerprint density at radius 1 is 1.12 bits per heavy atom. The van der Waals surface area contributed by atoms with E-state index in [1.54, 1.807) is 11.2 Å². The molecule has 1 aromatic heterocycles. The number of aromatic amines is 1. The average molecular weight is 374 g/mol. The number of nitrogens with zero attached hydrogens (tertiary/aromatic N) is 2. The molecule has 11 heteroatoms.